The number of fused-ring (bicyclic) bond motifs is 1. The van der Waals surface area contributed by atoms with Crippen LogP contribution >= 0.6 is 11.7 Å². The molecule has 2 heterocycles. The van der Waals surface area contributed by atoms with E-state index in [1.807, 2.05) is 0 Å². The molecule has 2 aromatic heterocycles. The van der Waals surface area contributed by atoms with Gasteiger partial charge in [-0.15, -0.1) is 0 Å². The van der Waals surface area contributed by atoms with E-state index in [0.717, 1.165) is 17.2 Å². The Hall–Kier alpha value is -3.52. The van der Waals surface area contributed by atoms with Gasteiger partial charge < -0.3 is 15.1 Å². The van der Waals surface area contributed by atoms with Crippen molar-refractivity contribution in [3.8, 4) is 0 Å². The van der Waals surface area contributed by atoms with E-state index >= 15 is 0 Å². The van der Waals surface area contributed by atoms with Crippen LogP contribution in [0.3, 0.4) is 0 Å². The summed E-state index contributed by atoms with van der Waals surface area (Å²) in [6.45, 7) is 0. The number of amides is 2. The van der Waals surface area contributed by atoms with Gasteiger partial charge in [-0.3, -0.25) is 9.59 Å². The zero-order valence-corrected chi connectivity index (χ0v) is 14.1. The van der Waals surface area contributed by atoms with Crippen LogP contribution < -0.4 is 10.6 Å². The Morgan fingerprint density at radius 3 is 2.23 bits per heavy atom. The first-order chi connectivity index (χ1) is 12.7. The fourth-order valence-electron chi connectivity index (χ4n) is 2.36. The van der Waals surface area contributed by atoms with E-state index in [2.05, 4.69) is 19.4 Å². The molecule has 2 N–H and O–H groups in total. The highest BCUT2D eigenvalue weighted by Gasteiger charge is 2.10. The minimum atomic E-state index is -0.336. The summed E-state index contributed by atoms with van der Waals surface area (Å²) in [5, 5.41) is 5.52. The van der Waals surface area contributed by atoms with E-state index in [9.17, 15) is 9.59 Å². The Kier molecular flexibility index (Phi) is 4.16. The predicted molar refractivity (Wildman–Crippen MR) is 98.5 cm³/mol. The van der Waals surface area contributed by atoms with Crippen LogP contribution in [0.2, 0.25) is 0 Å². The molecule has 26 heavy (non-hydrogen) atoms. The average molecular weight is 364 g/mol. The number of rotatable bonds is 4. The predicted octanol–water partition coefficient (Wildman–Crippen LogP) is 3.79. The summed E-state index contributed by atoms with van der Waals surface area (Å²) in [7, 11) is 0. The fraction of sp³-hybridized carbons (Fsp3) is 0. The van der Waals surface area contributed by atoms with Crippen LogP contribution in [0, 0.1) is 0 Å². The maximum atomic E-state index is 12.4. The third-order valence-electron chi connectivity index (χ3n) is 3.66. The number of nitrogens with one attached hydrogen (secondary N) is 2. The van der Waals surface area contributed by atoms with Gasteiger partial charge in [0.05, 0.1) is 18.0 Å². The van der Waals surface area contributed by atoms with Crippen molar-refractivity contribution in [3.63, 3.8) is 0 Å². The molecule has 0 spiro atoms. The molecule has 0 aliphatic carbocycles. The summed E-state index contributed by atoms with van der Waals surface area (Å²) in [5.74, 6) is -0.349. The van der Waals surface area contributed by atoms with Crippen LogP contribution in [-0.2, 0) is 0 Å². The molecule has 0 aliphatic rings. The van der Waals surface area contributed by atoms with Crippen LogP contribution in [0.25, 0.3) is 11.0 Å². The van der Waals surface area contributed by atoms with E-state index in [1.54, 1.807) is 54.6 Å². The van der Waals surface area contributed by atoms with Gasteiger partial charge in [0.1, 0.15) is 11.0 Å². The third kappa shape index (κ3) is 3.31. The second kappa shape index (κ2) is 6.77. The van der Waals surface area contributed by atoms with Gasteiger partial charge in [0.25, 0.3) is 11.8 Å². The van der Waals surface area contributed by atoms with E-state index in [4.69, 9.17) is 4.42 Å². The maximum absolute atomic E-state index is 12.4. The summed E-state index contributed by atoms with van der Waals surface area (Å²) in [6.07, 6.45) is 1.44. The van der Waals surface area contributed by atoms with Gasteiger partial charge in [0.2, 0.25) is 0 Å². The lowest BCUT2D eigenvalue weighted by molar-refractivity contribution is 0.0994. The minimum Gasteiger partial charge on any atom is -0.459 e. The summed E-state index contributed by atoms with van der Waals surface area (Å²) in [5.41, 5.74) is 3.17. The van der Waals surface area contributed by atoms with Crippen LogP contribution in [0.1, 0.15) is 20.9 Å². The zero-order chi connectivity index (χ0) is 17.9. The monoisotopic (exact) mass is 364 g/mol. The zero-order valence-electron chi connectivity index (χ0n) is 13.3. The summed E-state index contributed by atoms with van der Waals surface area (Å²) in [6, 6.07) is 15.2. The number of anilines is 2. The van der Waals surface area contributed by atoms with Crippen molar-refractivity contribution >= 4 is 46.0 Å². The van der Waals surface area contributed by atoms with Crippen LogP contribution in [0.15, 0.2) is 65.3 Å². The Labute approximate surface area is 152 Å². The normalized spacial score (nSPS) is 10.6. The highest BCUT2D eigenvalue weighted by atomic mass is 32.1. The molecule has 2 aromatic carbocycles. The Balaban J connectivity index is 1.43. The molecular weight excluding hydrogens is 352 g/mol. The summed E-state index contributed by atoms with van der Waals surface area (Å²) >= 11 is 1.11. The van der Waals surface area contributed by atoms with E-state index in [1.165, 1.54) is 6.26 Å². The molecule has 0 atom stereocenters. The number of hydrogen-bond acceptors (Lipinski definition) is 6. The fourth-order valence-corrected chi connectivity index (χ4v) is 2.88. The van der Waals surface area contributed by atoms with Crippen molar-refractivity contribution in [1.29, 1.82) is 0 Å². The van der Waals surface area contributed by atoms with Gasteiger partial charge in [0, 0.05) is 16.9 Å². The molecule has 0 fully saturated rings. The topological polar surface area (TPSA) is 97.1 Å². The molecule has 0 aliphatic heterocycles. The van der Waals surface area contributed by atoms with Gasteiger partial charge in [-0.1, -0.05) is 0 Å². The van der Waals surface area contributed by atoms with Crippen molar-refractivity contribution in [2.75, 3.05) is 10.6 Å². The van der Waals surface area contributed by atoms with Gasteiger partial charge >= 0.3 is 0 Å². The lowest BCUT2D eigenvalue weighted by Gasteiger charge is -2.07. The van der Waals surface area contributed by atoms with E-state index < -0.39 is 0 Å². The number of aromatic nitrogens is 2. The summed E-state index contributed by atoms with van der Waals surface area (Å²) in [4.78, 5) is 24.3. The van der Waals surface area contributed by atoms with Crippen LogP contribution in [0.5, 0.6) is 0 Å². The summed E-state index contributed by atoms with van der Waals surface area (Å²) < 4.78 is 13.3. The first-order valence-electron chi connectivity index (χ1n) is 7.68. The maximum Gasteiger partial charge on any atom is 0.291 e. The quantitative estimate of drug-likeness (QED) is 0.574. The van der Waals surface area contributed by atoms with Crippen molar-refractivity contribution in [2.24, 2.45) is 0 Å². The van der Waals surface area contributed by atoms with Crippen LogP contribution in [0.4, 0.5) is 11.4 Å². The molecule has 2 amide bonds. The number of carbonyl (C=O) groups is 2. The Morgan fingerprint density at radius 1 is 0.846 bits per heavy atom. The second-order valence-corrected chi connectivity index (χ2v) is 5.96. The molecule has 0 saturated heterocycles. The molecule has 0 saturated carbocycles. The van der Waals surface area contributed by atoms with Crippen LogP contribution in [-0.4, -0.2) is 20.6 Å². The lowest BCUT2D eigenvalue weighted by atomic mass is 10.2. The number of nitrogens with zero attached hydrogens (tertiary/aromatic N) is 2. The number of hydrogen-bond donors (Lipinski definition) is 2. The SMILES string of the molecule is O=C(Nc1ccc(NC(=O)c2ccco2)cc1)c1ccc2nsnc2c1. The molecule has 4 aromatic rings. The van der Waals surface area contributed by atoms with Gasteiger partial charge in [-0.2, -0.15) is 8.75 Å². The highest BCUT2D eigenvalue weighted by Crippen LogP contribution is 2.18. The highest BCUT2D eigenvalue weighted by molar-refractivity contribution is 7.00. The molecule has 8 heteroatoms. The molecule has 0 radical (unpaired) electrons. The molecular formula is C18H12N4O3S. The molecule has 7 nitrogen and oxygen atoms in total. The minimum absolute atomic E-state index is 0.231. The first-order valence-corrected chi connectivity index (χ1v) is 8.41. The standard InChI is InChI=1S/C18H12N4O3S/c23-17(11-3-8-14-15(10-11)22-26-21-14)19-12-4-6-13(7-5-12)20-18(24)16-2-1-9-25-16/h1-10H,(H,19,23)(H,20,24). The molecule has 4 rings (SSSR count). The third-order valence-corrected chi connectivity index (χ3v) is 4.22. The van der Waals surface area contributed by atoms with E-state index in [-0.39, 0.29) is 17.6 Å². The van der Waals surface area contributed by atoms with Crippen molar-refractivity contribution < 1.29 is 14.0 Å². The first kappa shape index (κ1) is 16.0. The largest absolute Gasteiger partial charge is 0.459 e. The van der Waals surface area contributed by atoms with Gasteiger partial charge in [-0.25, -0.2) is 0 Å². The number of furan rings is 1. The van der Waals surface area contributed by atoms with Gasteiger partial charge in [-0.05, 0) is 54.6 Å². The van der Waals surface area contributed by atoms with Crippen molar-refractivity contribution in [1.82, 2.24) is 8.75 Å². The molecule has 0 bridgehead atoms. The number of benzene rings is 2. The lowest BCUT2D eigenvalue weighted by Crippen LogP contribution is -2.12. The average Bonchev–Trinajstić information content (AvgIpc) is 3.34. The Bertz CT molecular complexity index is 1070. The van der Waals surface area contributed by atoms with Crippen molar-refractivity contribution in [2.45, 2.75) is 0 Å². The molecule has 0 unspecified atom stereocenters. The molecule has 128 valence electrons. The Morgan fingerprint density at radius 2 is 1.54 bits per heavy atom. The van der Waals surface area contributed by atoms with Gasteiger partial charge in [0.15, 0.2) is 5.76 Å². The second-order valence-electron chi connectivity index (χ2n) is 5.43. The van der Waals surface area contributed by atoms with E-state index in [0.29, 0.717) is 22.5 Å². The van der Waals surface area contributed by atoms with Crippen molar-refractivity contribution in [3.05, 3.63) is 72.2 Å². The number of carbonyl (C=O) groups excluding carboxylic acids is 2. The smallest absolute Gasteiger partial charge is 0.291 e.